The van der Waals surface area contributed by atoms with Gasteiger partial charge in [0.1, 0.15) is 12.0 Å². The highest BCUT2D eigenvalue weighted by Crippen LogP contribution is 2.35. The normalized spacial score (nSPS) is 15.1. The maximum Gasteiger partial charge on any atom is 0.340 e. The van der Waals surface area contributed by atoms with Crippen LogP contribution in [0.4, 0.5) is 10.1 Å². The lowest BCUT2D eigenvalue weighted by molar-refractivity contribution is 0.0527. The van der Waals surface area contributed by atoms with Gasteiger partial charge in [0.05, 0.1) is 29.1 Å². The predicted molar refractivity (Wildman–Crippen MR) is 109 cm³/mol. The summed E-state index contributed by atoms with van der Waals surface area (Å²) >= 11 is 0. The molecule has 0 aliphatic carbocycles. The summed E-state index contributed by atoms with van der Waals surface area (Å²) in [6.45, 7) is 2.26. The smallest absolute Gasteiger partial charge is 0.340 e. The maximum atomic E-state index is 13.3. The summed E-state index contributed by atoms with van der Waals surface area (Å²) in [5.41, 5.74) is 2.76. The molecular weight excluding hydrogens is 385 g/mol. The molecular formula is C23H20FN3O3. The summed E-state index contributed by atoms with van der Waals surface area (Å²) in [7, 11) is 0. The zero-order valence-electron chi connectivity index (χ0n) is 16.3. The number of carbonyl (C=O) groups excluding carboxylic acids is 2. The van der Waals surface area contributed by atoms with E-state index in [0.29, 0.717) is 22.5 Å². The van der Waals surface area contributed by atoms with Crippen LogP contribution in [0.2, 0.25) is 0 Å². The molecule has 0 fully saturated rings. The van der Waals surface area contributed by atoms with E-state index in [1.807, 2.05) is 0 Å². The average Bonchev–Trinajstić information content (AvgIpc) is 3.02. The molecule has 0 unspecified atom stereocenters. The molecule has 7 heteroatoms. The molecule has 1 N–H and O–H groups in total. The zero-order chi connectivity index (χ0) is 21.1. The van der Waals surface area contributed by atoms with Crippen LogP contribution in [0.1, 0.15) is 45.1 Å². The van der Waals surface area contributed by atoms with E-state index in [1.54, 1.807) is 66.6 Å². The van der Waals surface area contributed by atoms with Crippen LogP contribution in [-0.2, 0) is 11.3 Å². The Morgan fingerprint density at radius 2 is 1.90 bits per heavy atom. The second kappa shape index (κ2) is 8.32. The molecule has 30 heavy (non-hydrogen) atoms. The van der Waals surface area contributed by atoms with Gasteiger partial charge in [-0.2, -0.15) is 0 Å². The van der Waals surface area contributed by atoms with Gasteiger partial charge >= 0.3 is 5.97 Å². The van der Waals surface area contributed by atoms with Crippen molar-refractivity contribution >= 4 is 17.6 Å². The van der Waals surface area contributed by atoms with E-state index in [-0.39, 0.29) is 24.9 Å². The number of para-hydroxylation sites is 1. The number of nitrogens with zero attached hydrogens (tertiary/aromatic N) is 2. The van der Waals surface area contributed by atoms with E-state index in [2.05, 4.69) is 10.3 Å². The molecule has 152 valence electrons. The van der Waals surface area contributed by atoms with Gasteiger partial charge in [-0.15, -0.1) is 0 Å². The van der Waals surface area contributed by atoms with E-state index in [4.69, 9.17) is 4.74 Å². The number of benzene rings is 2. The number of ether oxygens (including phenoxy) is 1. The minimum atomic E-state index is -0.589. The summed E-state index contributed by atoms with van der Waals surface area (Å²) in [6, 6.07) is 16.4. The van der Waals surface area contributed by atoms with Crippen LogP contribution in [-0.4, -0.2) is 28.4 Å². The van der Waals surface area contributed by atoms with Crippen molar-refractivity contribution in [1.82, 2.24) is 9.88 Å². The lowest BCUT2D eigenvalue weighted by Gasteiger charge is -2.27. The van der Waals surface area contributed by atoms with Crippen molar-refractivity contribution in [3.63, 3.8) is 0 Å². The van der Waals surface area contributed by atoms with Crippen LogP contribution in [0.3, 0.4) is 0 Å². The maximum absolute atomic E-state index is 13.3. The molecule has 0 saturated carbocycles. The number of hydrogen-bond acceptors (Lipinski definition) is 5. The molecule has 0 radical (unpaired) electrons. The minimum Gasteiger partial charge on any atom is -0.462 e. The van der Waals surface area contributed by atoms with Crippen LogP contribution in [0.25, 0.3) is 0 Å². The number of pyridine rings is 1. The lowest BCUT2D eigenvalue weighted by atomic mass is 10.1. The summed E-state index contributed by atoms with van der Waals surface area (Å²) in [6.07, 6.45) is 1.04. The monoisotopic (exact) mass is 405 g/mol. The number of anilines is 1. The van der Waals surface area contributed by atoms with E-state index >= 15 is 0 Å². The molecule has 1 aromatic heterocycles. The fraction of sp³-hybridized carbons (Fsp3) is 0.174. The second-order valence-electron chi connectivity index (χ2n) is 6.81. The first-order valence-electron chi connectivity index (χ1n) is 9.61. The number of carbonyl (C=O) groups is 2. The van der Waals surface area contributed by atoms with Gasteiger partial charge in [-0.25, -0.2) is 9.18 Å². The Morgan fingerprint density at radius 1 is 1.13 bits per heavy atom. The summed E-state index contributed by atoms with van der Waals surface area (Å²) in [5.74, 6) is -0.973. The van der Waals surface area contributed by atoms with Crippen LogP contribution in [0, 0.1) is 5.82 Å². The van der Waals surface area contributed by atoms with Crippen molar-refractivity contribution in [1.29, 1.82) is 0 Å². The van der Waals surface area contributed by atoms with E-state index in [1.165, 1.54) is 12.1 Å². The van der Waals surface area contributed by atoms with Crippen LogP contribution < -0.4 is 5.32 Å². The topological polar surface area (TPSA) is 71.5 Å². The number of rotatable bonds is 6. The molecule has 1 aliphatic rings. The minimum absolute atomic E-state index is 0.187. The molecule has 1 aliphatic heterocycles. The second-order valence-corrected chi connectivity index (χ2v) is 6.81. The van der Waals surface area contributed by atoms with Crippen LogP contribution >= 0.6 is 0 Å². The molecule has 0 saturated heterocycles. The highest BCUT2D eigenvalue weighted by Gasteiger charge is 2.38. The fourth-order valence-corrected chi connectivity index (χ4v) is 3.47. The van der Waals surface area contributed by atoms with Gasteiger partial charge in [-0.05, 0) is 48.9 Å². The summed E-state index contributed by atoms with van der Waals surface area (Å²) in [4.78, 5) is 31.5. The van der Waals surface area contributed by atoms with Crippen molar-refractivity contribution in [3.05, 3.63) is 95.1 Å². The first-order valence-corrected chi connectivity index (χ1v) is 9.61. The number of halogens is 1. The molecule has 1 amide bonds. The number of nitrogens with one attached hydrogen (secondary N) is 1. The standard InChI is InChI=1S/C23H20FN3O3/c1-2-30-23(29)17-6-3-4-8-19(17)26-21-20-18(7-5-13-25-20)22(28)27(21)14-15-9-11-16(24)12-10-15/h3-13,21,26H,2,14H2,1H3/t21-/m0/s1. The highest BCUT2D eigenvalue weighted by molar-refractivity contribution is 6.00. The SMILES string of the molecule is CCOC(=O)c1ccccc1N[C@@H]1c2ncccc2C(=O)N1Cc1ccc(F)cc1. The molecule has 6 nitrogen and oxygen atoms in total. The Hall–Kier alpha value is -3.74. The number of esters is 1. The first-order chi connectivity index (χ1) is 14.6. The van der Waals surface area contributed by atoms with Crippen molar-refractivity contribution < 1.29 is 18.7 Å². The molecule has 0 spiro atoms. The number of hydrogen-bond donors (Lipinski definition) is 1. The van der Waals surface area contributed by atoms with Gasteiger partial charge in [-0.3, -0.25) is 9.78 Å². The first kappa shape index (κ1) is 19.6. The van der Waals surface area contributed by atoms with Gasteiger partial charge in [0, 0.05) is 12.7 Å². The van der Waals surface area contributed by atoms with Gasteiger partial charge in [0.25, 0.3) is 5.91 Å². The van der Waals surface area contributed by atoms with Crippen molar-refractivity contribution in [3.8, 4) is 0 Å². The van der Waals surface area contributed by atoms with Crippen LogP contribution in [0.5, 0.6) is 0 Å². The third kappa shape index (κ3) is 3.74. The van der Waals surface area contributed by atoms with E-state index < -0.39 is 12.1 Å². The molecule has 4 rings (SSSR count). The molecule has 0 bridgehead atoms. The third-order valence-corrected chi connectivity index (χ3v) is 4.88. The van der Waals surface area contributed by atoms with Crippen LogP contribution in [0.15, 0.2) is 66.9 Å². The van der Waals surface area contributed by atoms with Gasteiger partial charge in [0.15, 0.2) is 0 Å². The van der Waals surface area contributed by atoms with Crippen molar-refractivity contribution in [2.24, 2.45) is 0 Å². The number of fused-ring (bicyclic) bond motifs is 1. The Bertz CT molecular complexity index is 1090. The molecule has 1 atom stereocenters. The van der Waals surface area contributed by atoms with Crippen molar-refractivity contribution in [2.45, 2.75) is 19.6 Å². The van der Waals surface area contributed by atoms with Crippen molar-refractivity contribution in [2.75, 3.05) is 11.9 Å². The Morgan fingerprint density at radius 3 is 2.67 bits per heavy atom. The third-order valence-electron chi connectivity index (χ3n) is 4.88. The summed E-state index contributed by atoms with van der Waals surface area (Å²) in [5, 5.41) is 3.28. The van der Waals surface area contributed by atoms with E-state index in [9.17, 15) is 14.0 Å². The van der Waals surface area contributed by atoms with Gasteiger partial charge < -0.3 is 15.0 Å². The largest absolute Gasteiger partial charge is 0.462 e. The average molecular weight is 405 g/mol. The predicted octanol–water partition coefficient (Wildman–Crippen LogP) is 4.16. The highest BCUT2D eigenvalue weighted by atomic mass is 19.1. The fourth-order valence-electron chi connectivity index (χ4n) is 3.47. The molecule has 3 aromatic rings. The zero-order valence-corrected chi connectivity index (χ0v) is 16.3. The van der Waals surface area contributed by atoms with Gasteiger partial charge in [-0.1, -0.05) is 24.3 Å². The van der Waals surface area contributed by atoms with E-state index in [0.717, 1.165) is 5.56 Å². The molecule has 2 heterocycles. The number of amides is 1. The Balaban J connectivity index is 1.69. The Kier molecular flexibility index (Phi) is 5.43. The summed E-state index contributed by atoms with van der Waals surface area (Å²) < 4.78 is 18.4. The Labute approximate surface area is 173 Å². The van der Waals surface area contributed by atoms with Gasteiger partial charge in [0.2, 0.25) is 0 Å². The quantitative estimate of drug-likeness (QED) is 0.624. The molecule has 2 aromatic carbocycles. The lowest BCUT2D eigenvalue weighted by Crippen LogP contribution is -2.32. The number of aromatic nitrogens is 1.